The van der Waals surface area contributed by atoms with Gasteiger partial charge in [-0.25, -0.2) is 8.42 Å². The molecule has 0 radical (unpaired) electrons. The summed E-state index contributed by atoms with van der Waals surface area (Å²) in [6.07, 6.45) is 0.326. The Morgan fingerprint density at radius 3 is 2.58 bits per heavy atom. The number of fused-ring (bicyclic) bond motifs is 1. The summed E-state index contributed by atoms with van der Waals surface area (Å²) in [4.78, 5) is 13.4. The molecule has 1 unspecified atom stereocenters. The van der Waals surface area contributed by atoms with E-state index in [2.05, 4.69) is 5.32 Å². The topological polar surface area (TPSA) is 72.5 Å². The standard InChI is InChI=1S/C18H15NO4S3/c1-23-12-2-4-13(5-3-12)26(21,22)15-10-25-18-14(11-6-7-24-9-11)8-16(20)19-17(15)18/h2-7,9-10,14H,8H2,1H3,(H,19,20). The number of thiophene rings is 2. The Morgan fingerprint density at radius 2 is 1.92 bits per heavy atom. The highest BCUT2D eigenvalue weighted by Crippen LogP contribution is 2.46. The second-order valence-electron chi connectivity index (χ2n) is 5.88. The number of hydrogen-bond acceptors (Lipinski definition) is 6. The van der Waals surface area contributed by atoms with E-state index in [9.17, 15) is 13.2 Å². The van der Waals surface area contributed by atoms with Crippen LogP contribution in [0.25, 0.3) is 0 Å². The number of benzene rings is 1. The van der Waals surface area contributed by atoms with Gasteiger partial charge in [0.15, 0.2) is 0 Å². The van der Waals surface area contributed by atoms with E-state index in [0.29, 0.717) is 17.9 Å². The molecule has 4 rings (SSSR count). The van der Waals surface area contributed by atoms with E-state index < -0.39 is 9.84 Å². The summed E-state index contributed by atoms with van der Waals surface area (Å²) in [5.74, 6) is 0.315. The fraction of sp³-hybridized carbons (Fsp3) is 0.167. The molecule has 1 N–H and O–H groups in total. The van der Waals surface area contributed by atoms with Crippen LogP contribution >= 0.6 is 22.7 Å². The third-order valence-electron chi connectivity index (χ3n) is 4.36. The van der Waals surface area contributed by atoms with Crippen molar-refractivity contribution in [3.8, 4) is 5.75 Å². The molecule has 5 nitrogen and oxygen atoms in total. The minimum atomic E-state index is -3.74. The van der Waals surface area contributed by atoms with Gasteiger partial charge in [-0.05, 0) is 46.7 Å². The van der Waals surface area contributed by atoms with Crippen LogP contribution in [0.3, 0.4) is 0 Å². The Kier molecular flexibility index (Phi) is 4.34. The molecule has 1 aliphatic heterocycles. The number of sulfone groups is 1. The smallest absolute Gasteiger partial charge is 0.225 e. The van der Waals surface area contributed by atoms with Gasteiger partial charge >= 0.3 is 0 Å². The van der Waals surface area contributed by atoms with Crippen LogP contribution < -0.4 is 10.1 Å². The highest BCUT2D eigenvalue weighted by Gasteiger charge is 2.34. The second kappa shape index (κ2) is 6.53. The van der Waals surface area contributed by atoms with Gasteiger partial charge in [-0.15, -0.1) is 11.3 Å². The molecule has 0 fully saturated rings. The summed E-state index contributed by atoms with van der Waals surface area (Å²) in [6.45, 7) is 0. The lowest BCUT2D eigenvalue weighted by Gasteiger charge is -2.22. The van der Waals surface area contributed by atoms with Crippen molar-refractivity contribution in [2.24, 2.45) is 0 Å². The van der Waals surface area contributed by atoms with Gasteiger partial charge < -0.3 is 10.1 Å². The molecule has 1 aromatic carbocycles. The second-order valence-corrected chi connectivity index (χ2v) is 9.49. The first kappa shape index (κ1) is 17.3. The minimum Gasteiger partial charge on any atom is -0.497 e. The number of rotatable bonds is 4. The Hall–Kier alpha value is -2.16. The van der Waals surface area contributed by atoms with Crippen molar-refractivity contribution in [1.82, 2.24) is 0 Å². The van der Waals surface area contributed by atoms with Crippen molar-refractivity contribution in [2.75, 3.05) is 12.4 Å². The van der Waals surface area contributed by atoms with Gasteiger partial charge in [0.05, 0.1) is 17.7 Å². The molecule has 26 heavy (non-hydrogen) atoms. The molecule has 1 aliphatic rings. The molecule has 2 aromatic heterocycles. The Balaban J connectivity index is 1.80. The van der Waals surface area contributed by atoms with Gasteiger partial charge in [-0.3, -0.25) is 4.79 Å². The molecule has 0 saturated heterocycles. The summed E-state index contributed by atoms with van der Waals surface area (Å²) in [6, 6.07) is 8.23. The van der Waals surface area contributed by atoms with Gasteiger partial charge in [0.1, 0.15) is 10.6 Å². The molecule has 8 heteroatoms. The van der Waals surface area contributed by atoms with Crippen LogP contribution in [0.4, 0.5) is 5.69 Å². The molecule has 3 aromatic rings. The van der Waals surface area contributed by atoms with Gasteiger partial charge in [-0.1, -0.05) is 0 Å². The van der Waals surface area contributed by atoms with E-state index in [1.54, 1.807) is 28.8 Å². The van der Waals surface area contributed by atoms with E-state index >= 15 is 0 Å². The lowest BCUT2D eigenvalue weighted by atomic mass is 9.93. The van der Waals surface area contributed by atoms with Crippen LogP contribution in [0.15, 0.2) is 56.3 Å². The normalized spacial score (nSPS) is 16.8. The Labute approximate surface area is 159 Å². The summed E-state index contributed by atoms with van der Waals surface area (Å²) >= 11 is 2.94. The highest BCUT2D eigenvalue weighted by molar-refractivity contribution is 7.91. The maximum Gasteiger partial charge on any atom is 0.225 e. The average Bonchev–Trinajstić information content (AvgIpc) is 3.31. The van der Waals surface area contributed by atoms with Crippen LogP contribution in [0.2, 0.25) is 0 Å². The Morgan fingerprint density at radius 1 is 1.15 bits per heavy atom. The predicted octanol–water partition coefficient (Wildman–Crippen LogP) is 4.13. The summed E-state index contributed by atoms with van der Waals surface area (Å²) in [5.41, 5.74) is 1.46. The lowest BCUT2D eigenvalue weighted by molar-refractivity contribution is -0.116. The zero-order chi connectivity index (χ0) is 18.3. The predicted molar refractivity (Wildman–Crippen MR) is 102 cm³/mol. The maximum absolute atomic E-state index is 13.1. The van der Waals surface area contributed by atoms with E-state index in [1.165, 1.54) is 30.6 Å². The quantitative estimate of drug-likeness (QED) is 0.709. The van der Waals surface area contributed by atoms with Gasteiger partial charge in [0, 0.05) is 22.6 Å². The monoisotopic (exact) mass is 405 g/mol. The van der Waals surface area contributed by atoms with E-state index in [1.807, 2.05) is 16.8 Å². The first-order valence-electron chi connectivity index (χ1n) is 7.83. The van der Waals surface area contributed by atoms with Crippen molar-refractivity contribution < 1.29 is 17.9 Å². The third kappa shape index (κ3) is 2.84. The minimum absolute atomic E-state index is 0.102. The fourth-order valence-electron chi connectivity index (χ4n) is 3.03. The molecule has 3 heterocycles. The van der Waals surface area contributed by atoms with Crippen molar-refractivity contribution in [2.45, 2.75) is 22.1 Å². The molecule has 0 bridgehead atoms. The average molecular weight is 406 g/mol. The SMILES string of the molecule is COc1ccc(S(=O)(=O)c2csc3c2NC(=O)CC3c2ccsc2)cc1. The number of methoxy groups -OCH3 is 1. The first-order chi connectivity index (χ1) is 12.5. The van der Waals surface area contributed by atoms with Gasteiger partial charge in [0.2, 0.25) is 15.7 Å². The molecule has 134 valence electrons. The van der Waals surface area contributed by atoms with Crippen molar-refractivity contribution in [3.63, 3.8) is 0 Å². The number of nitrogens with one attached hydrogen (secondary N) is 1. The number of amides is 1. The van der Waals surface area contributed by atoms with E-state index in [4.69, 9.17) is 4.74 Å². The molecule has 0 spiro atoms. The van der Waals surface area contributed by atoms with Gasteiger partial charge in [0.25, 0.3) is 0 Å². The van der Waals surface area contributed by atoms with Crippen LogP contribution in [0, 0.1) is 0 Å². The van der Waals surface area contributed by atoms with E-state index in [0.717, 1.165) is 10.4 Å². The van der Waals surface area contributed by atoms with Crippen LogP contribution in [0.1, 0.15) is 22.8 Å². The number of anilines is 1. The maximum atomic E-state index is 13.1. The highest BCUT2D eigenvalue weighted by atomic mass is 32.2. The van der Waals surface area contributed by atoms with Gasteiger partial charge in [-0.2, -0.15) is 11.3 Å². The zero-order valence-corrected chi connectivity index (χ0v) is 16.2. The van der Waals surface area contributed by atoms with Crippen LogP contribution in [-0.4, -0.2) is 21.4 Å². The number of carbonyl (C=O) groups excluding carboxylic acids is 1. The molecule has 1 amide bonds. The largest absolute Gasteiger partial charge is 0.497 e. The lowest BCUT2D eigenvalue weighted by Crippen LogP contribution is -2.23. The fourth-order valence-corrected chi connectivity index (χ4v) is 6.65. The summed E-state index contributed by atoms with van der Waals surface area (Å²) < 4.78 is 31.2. The summed E-state index contributed by atoms with van der Waals surface area (Å²) in [5, 5.41) is 8.36. The number of hydrogen-bond donors (Lipinski definition) is 1. The zero-order valence-electron chi connectivity index (χ0n) is 13.8. The molecular formula is C18H15NO4S3. The Bertz CT molecular complexity index is 1050. The van der Waals surface area contributed by atoms with Crippen LogP contribution in [-0.2, 0) is 14.6 Å². The molecule has 0 aliphatic carbocycles. The third-order valence-corrected chi connectivity index (χ3v) is 8.10. The molecule has 1 atom stereocenters. The van der Waals surface area contributed by atoms with Crippen LogP contribution in [0.5, 0.6) is 5.75 Å². The molecule has 0 saturated carbocycles. The van der Waals surface area contributed by atoms with Crippen molar-refractivity contribution >= 4 is 44.1 Å². The van der Waals surface area contributed by atoms with Crippen molar-refractivity contribution in [1.29, 1.82) is 0 Å². The van der Waals surface area contributed by atoms with Crippen molar-refractivity contribution in [3.05, 3.63) is 56.9 Å². The van der Waals surface area contributed by atoms with E-state index in [-0.39, 0.29) is 21.6 Å². The number of ether oxygens (including phenoxy) is 1. The first-order valence-corrected chi connectivity index (χ1v) is 11.1. The molecular weight excluding hydrogens is 390 g/mol. The number of carbonyl (C=O) groups is 1. The summed E-state index contributed by atoms with van der Waals surface area (Å²) in [7, 11) is -2.21.